The highest BCUT2D eigenvalue weighted by Crippen LogP contribution is 2.33. The highest BCUT2D eigenvalue weighted by molar-refractivity contribution is 5.37. The lowest BCUT2D eigenvalue weighted by atomic mass is 10.1. The molecule has 1 aromatic carbocycles. The molecule has 2 aromatic rings. The summed E-state index contributed by atoms with van der Waals surface area (Å²) in [6.45, 7) is 4.33. The third-order valence-electron chi connectivity index (χ3n) is 4.29. The van der Waals surface area contributed by atoms with E-state index in [1.807, 2.05) is 18.2 Å². The summed E-state index contributed by atoms with van der Waals surface area (Å²) in [5.41, 5.74) is 0.489. The van der Waals surface area contributed by atoms with Crippen LogP contribution in [0.5, 0.6) is 11.6 Å². The zero-order valence-electron chi connectivity index (χ0n) is 14.1. The van der Waals surface area contributed by atoms with Crippen LogP contribution in [-0.2, 0) is 12.7 Å². The molecule has 0 saturated carbocycles. The Kier molecular flexibility index (Phi) is 5.27. The summed E-state index contributed by atoms with van der Waals surface area (Å²) in [4.78, 5) is 6.44. The van der Waals surface area contributed by atoms with E-state index >= 15 is 0 Å². The van der Waals surface area contributed by atoms with E-state index in [0.29, 0.717) is 5.75 Å². The van der Waals surface area contributed by atoms with Gasteiger partial charge in [-0.3, -0.25) is 4.90 Å². The van der Waals surface area contributed by atoms with Crippen molar-refractivity contribution in [3.63, 3.8) is 0 Å². The van der Waals surface area contributed by atoms with E-state index < -0.39 is 11.7 Å². The second kappa shape index (κ2) is 7.44. The average Bonchev–Trinajstić information content (AvgIpc) is 2.56. The Labute approximate surface area is 145 Å². The number of benzene rings is 1. The number of aromatic nitrogens is 1. The molecule has 1 fully saturated rings. The van der Waals surface area contributed by atoms with E-state index in [-0.39, 0.29) is 11.6 Å². The van der Waals surface area contributed by atoms with Crippen LogP contribution in [0.3, 0.4) is 0 Å². The standard InChI is InChI=1S/C19H21F3N2O/c1-14-11-16(19(20,21)22)12-18(23-14)25-17-8-4-3-7-15(17)13-24-9-5-2-6-10-24/h3-4,7-8,11-12H,2,5-6,9-10,13H2,1H3. The van der Waals surface area contributed by atoms with Crippen LogP contribution >= 0.6 is 0 Å². The molecule has 134 valence electrons. The lowest BCUT2D eigenvalue weighted by Gasteiger charge is -2.27. The SMILES string of the molecule is Cc1cc(C(F)(F)F)cc(Oc2ccccc2CN2CCCCC2)n1. The number of hydrogen-bond acceptors (Lipinski definition) is 3. The Morgan fingerprint density at radius 1 is 1.08 bits per heavy atom. The highest BCUT2D eigenvalue weighted by atomic mass is 19.4. The first kappa shape index (κ1) is 17.7. The lowest BCUT2D eigenvalue weighted by Crippen LogP contribution is -2.29. The summed E-state index contributed by atoms with van der Waals surface area (Å²) >= 11 is 0. The topological polar surface area (TPSA) is 25.4 Å². The first-order chi connectivity index (χ1) is 11.9. The van der Waals surface area contributed by atoms with Crippen molar-refractivity contribution in [2.45, 2.75) is 38.9 Å². The van der Waals surface area contributed by atoms with Crippen LogP contribution < -0.4 is 4.74 Å². The number of pyridine rings is 1. The predicted molar refractivity (Wildman–Crippen MR) is 89.6 cm³/mol. The van der Waals surface area contributed by atoms with E-state index in [2.05, 4.69) is 9.88 Å². The molecule has 0 unspecified atom stereocenters. The zero-order chi connectivity index (χ0) is 17.9. The van der Waals surface area contributed by atoms with Gasteiger partial charge in [0.2, 0.25) is 5.88 Å². The molecule has 3 nitrogen and oxygen atoms in total. The van der Waals surface area contributed by atoms with Gasteiger partial charge in [-0.2, -0.15) is 13.2 Å². The quantitative estimate of drug-likeness (QED) is 0.759. The molecule has 1 aromatic heterocycles. The van der Waals surface area contributed by atoms with Gasteiger partial charge in [-0.25, -0.2) is 4.98 Å². The van der Waals surface area contributed by atoms with E-state index in [9.17, 15) is 13.2 Å². The number of aryl methyl sites for hydroxylation is 1. The third-order valence-corrected chi connectivity index (χ3v) is 4.29. The minimum Gasteiger partial charge on any atom is -0.439 e. The molecular weight excluding hydrogens is 329 g/mol. The third kappa shape index (κ3) is 4.72. The van der Waals surface area contributed by atoms with Crippen molar-refractivity contribution in [3.8, 4) is 11.6 Å². The molecule has 0 aliphatic carbocycles. The fourth-order valence-corrected chi connectivity index (χ4v) is 3.06. The van der Waals surface area contributed by atoms with Crippen molar-refractivity contribution < 1.29 is 17.9 Å². The monoisotopic (exact) mass is 350 g/mol. The molecular formula is C19H21F3N2O. The normalized spacial score (nSPS) is 16.0. The maximum atomic E-state index is 13.0. The summed E-state index contributed by atoms with van der Waals surface area (Å²) in [5.74, 6) is 0.526. The molecule has 6 heteroatoms. The molecule has 3 rings (SSSR count). The van der Waals surface area contributed by atoms with Gasteiger partial charge in [-0.1, -0.05) is 24.6 Å². The van der Waals surface area contributed by atoms with E-state index in [4.69, 9.17) is 4.74 Å². The van der Waals surface area contributed by atoms with Gasteiger partial charge in [0.25, 0.3) is 0 Å². The van der Waals surface area contributed by atoms with E-state index in [0.717, 1.165) is 37.3 Å². The molecule has 1 saturated heterocycles. The van der Waals surface area contributed by atoms with Crippen molar-refractivity contribution in [1.82, 2.24) is 9.88 Å². The van der Waals surface area contributed by atoms with Gasteiger partial charge in [-0.15, -0.1) is 0 Å². The van der Waals surface area contributed by atoms with Gasteiger partial charge in [0.1, 0.15) is 5.75 Å². The second-order valence-corrected chi connectivity index (χ2v) is 6.38. The maximum Gasteiger partial charge on any atom is 0.416 e. The summed E-state index contributed by atoms with van der Waals surface area (Å²) in [5, 5.41) is 0. The van der Waals surface area contributed by atoms with Crippen LogP contribution in [0.25, 0.3) is 0 Å². The fourth-order valence-electron chi connectivity index (χ4n) is 3.06. The van der Waals surface area contributed by atoms with Crippen molar-refractivity contribution in [1.29, 1.82) is 0 Å². The number of piperidine rings is 1. The predicted octanol–water partition coefficient (Wildman–Crippen LogP) is 5.19. The van der Waals surface area contributed by atoms with Crippen molar-refractivity contribution in [2.24, 2.45) is 0 Å². The Balaban J connectivity index is 1.82. The Hall–Kier alpha value is -2.08. The van der Waals surface area contributed by atoms with Crippen LogP contribution in [0.4, 0.5) is 13.2 Å². The lowest BCUT2D eigenvalue weighted by molar-refractivity contribution is -0.137. The summed E-state index contributed by atoms with van der Waals surface area (Å²) in [6, 6.07) is 9.42. The number of halogens is 3. The number of rotatable bonds is 4. The smallest absolute Gasteiger partial charge is 0.416 e. The van der Waals surface area contributed by atoms with E-state index in [1.54, 1.807) is 6.07 Å². The summed E-state index contributed by atoms with van der Waals surface area (Å²) in [6.07, 6.45) is -0.810. The van der Waals surface area contributed by atoms with Gasteiger partial charge in [0.15, 0.2) is 0 Å². The summed E-state index contributed by atoms with van der Waals surface area (Å²) in [7, 11) is 0. The van der Waals surface area contributed by atoms with Crippen molar-refractivity contribution in [3.05, 3.63) is 53.2 Å². The Morgan fingerprint density at radius 3 is 2.52 bits per heavy atom. The molecule has 0 N–H and O–H groups in total. The molecule has 2 heterocycles. The number of ether oxygens (including phenoxy) is 1. The van der Waals surface area contributed by atoms with Crippen LogP contribution in [0, 0.1) is 6.92 Å². The maximum absolute atomic E-state index is 13.0. The molecule has 0 atom stereocenters. The first-order valence-electron chi connectivity index (χ1n) is 8.46. The molecule has 25 heavy (non-hydrogen) atoms. The van der Waals surface area contributed by atoms with Gasteiger partial charge in [0.05, 0.1) is 5.56 Å². The molecule has 0 amide bonds. The number of nitrogens with zero attached hydrogens (tertiary/aromatic N) is 2. The zero-order valence-corrected chi connectivity index (χ0v) is 14.1. The van der Waals surface area contributed by atoms with Gasteiger partial charge in [0, 0.05) is 23.9 Å². The van der Waals surface area contributed by atoms with Crippen molar-refractivity contribution in [2.75, 3.05) is 13.1 Å². The fraction of sp³-hybridized carbons (Fsp3) is 0.421. The largest absolute Gasteiger partial charge is 0.439 e. The number of hydrogen-bond donors (Lipinski definition) is 0. The number of likely N-dealkylation sites (tertiary alicyclic amines) is 1. The first-order valence-corrected chi connectivity index (χ1v) is 8.46. The van der Waals surface area contributed by atoms with E-state index in [1.165, 1.54) is 26.2 Å². The molecule has 1 aliphatic rings. The number of alkyl halides is 3. The molecule has 0 radical (unpaired) electrons. The molecule has 0 bridgehead atoms. The molecule has 0 spiro atoms. The van der Waals surface area contributed by atoms with Crippen LogP contribution in [0.2, 0.25) is 0 Å². The van der Waals surface area contributed by atoms with Gasteiger partial charge >= 0.3 is 6.18 Å². The Bertz CT molecular complexity index is 725. The Morgan fingerprint density at radius 2 is 1.80 bits per heavy atom. The minimum absolute atomic E-state index is 0.0292. The average molecular weight is 350 g/mol. The van der Waals surface area contributed by atoms with Gasteiger partial charge < -0.3 is 4.74 Å². The minimum atomic E-state index is -4.42. The van der Waals surface area contributed by atoms with Gasteiger partial charge in [-0.05, 0) is 45.0 Å². The summed E-state index contributed by atoms with van der Waals surface area (Å²) < 4.78 is 44.7. The van der Waals surface area contributed by atoms with Crippen molar-refractivity contribution >= 4 is 0 Å². The van der Waals surface area contributed by atoms with Crippen LogP contribution in [0.1, 0.15) is 36.1 Å². The van der Waals surface area contributed by atoms with Crippen LogP contribution in [-0.4, -0.2) is 23.0 Å². The second-order valence-electron chi connectivity index (χ2n) is 6.38. The molecule has 1 aliphatic heterocycles. The highest BCUT2D eigenvalue weighted by Gasteiger charge is 2.31. The van der Waals surface area contributed by atoms with Crippen LogP contribution in [0.15, 0.2) is 36.4 Å². The number of para-hydroxylation sites is 1.